The van der Waals surface area contributed by atoms with Gasteiger partial charge in [0.2, 0.25) is 0 Å². The maximum Gasteiger partial charge on any atom is 0.306 e. The summed E-state index contributed by atoms with van der Waals surface area (Å²) < 4.78 is 16.6. The first-order valence-electron chi connectivity index (χ1n) is 22.6. The lowest BCUT2D eigenvalue weighted by molar-refractivity contribution is -0.166. The number of carbonyl (C=O) groups is 3. The second-order valence-corrected chi connectivity index (χ2v) is 14.6. The van der Waals surface area contributed by atoms with Gasteiger partial charge in [-0.3, -0.25) is 14.4 Å². The first-order valence-corrected chi connectivity index (χ1v) is 22.6. The molecule has 0 aliphatic heterocycles. The summed E-state index contributed by atoms with van der Waals surface area (Å²) in [5.41, 5.74) is 0. The Labute approximate surface area is 344 Å². The zero-order valence-corrected chi connectivity index (χ0v) is 36.1. The Bertz CT molecular complexity index is 1120. The van der Waals surface area contributed by atoms with E-state index in [9.17, 15) is 14.4 Å². The number of esters is 3. The van der Waals surface area contributed by atoms with Crippen molar-refractivity contribution in [2.24, 2.45) is 0 Å². The Morgan fingerprint density at radius 2 is 0.804 bits per heavy atom. The predicted molar refractivity (Wildman–Crippen MR) is 237 cm³/mol. The van der Waals surface area contributed by atoms with Gasteiger partial charge >= 0.3 is 17.9 Å². The van der Waals surface area contributed by atoms with Crippen LogP contribution in [0.5, 0.6) is 0 Å². The minimum atomic E-state index is -0.816. The molecule has 0 heterocycles. The summed E-state index contributed by atoms with van der Waals surface area (Å²) in [7, 11) is 0. The highest BCUT2D eigenvalue weighted by molar-refractivity contribution is 5.71. The summed E-state index contributed by atoms with van der Waals surface area (Å²) in [5, 5.41) is 0. The van der Waals surface area contributed by atoms with Crippen LogP contribution in [0.15, 0.2) is 85.1 Å². The molecule has 0 bridgehead atoms. The number of allylic oxidation sites excluding steroid dienone is 14. The normalized spacial score (nSPS) is 12.8. The molecular weight excluding hydrogens is 697 g/mol. The second kappa shape index (κ2) is 44.3. The first-order chi connectivity index (χ1) is 27.5. The maximum atomic E-state index is 12.7. The van der Waals surface area contributed by atoms with E-state index in [2.05, 4.69) is 93.7 Å². The van der Waals surface area contributed by atoms with E-state index in [0.29, 0.717) is 12.8 Å². The predicted octanol–water partition coefficient (Wildman–Crippen LogP) is 14.5. The van der Waals surface area contributed by atoms with Gasteiger partial charge in [-0.25, -0.2) is 0 Å². The van der Waals surface area contributed by atoms with Gasteiger partial charge in [-0.1, -0.05) is 189 Å². The molecule has 0 N–H and O–H groups in total. The highest BCUT2D eigenvalue weighted by Gasteiger charge is 2.19. The van der Waals surface area contributed by atoms with Crippen LogP contribution in [0.3, 0.4) is 0 Å². The van der Waals surface area contributed by atoms with Gasteiger partial charge in [-0.15, -0.1) is 0 Å². The minimum Gasteiger partial charge on any atom is -0.462 e. The smallest absolute Gasteiger partial charge is 0.306 e. The van der Waals surface area contributed by atoms with Crippen LogP contribution in [-0.2, 0) is 28.6 Å². The van der Waals surface area contributed by atoms with Crippen molar-refractivity contribution < 1.29 is 28.6 Å². The SMILES string of the molecule is CC/C=C\C/C=C\C/C=C\C/C=C\C/C=C\CCC(=O)OCC(COC(=O)CCCCCCCCCCCCC)OC(=O)CCCCC/C=C\C=C/CCCC. The van der Waals surface area contributed by atoms with Crippen LogP contribution in [0.25, 0.3) is 0 Å². The molecule has 56 heavy (non-hydrogen) atoms. The summed E-state index contributed by atoms with van der Waals surface area (Å²) in [4.78, 5) is 37.7. The number of rotatable bonds is 39. The Kier molecular flexibility index (Phi) is 41.6. The average molecular weight is 779 g/mol. The number of carbonyl (C=O) groups excluding carboxylic acids is 3. The van der Waals surface area contributed by atoms with Crippen molar-refractivity contribution in [2.45, 2.75) is 200 Å². The number of unbranched alkanes of at least 4 members (excludes halogenated alkanes) is 15. The van der Waals surface area contributed by atoms with Crippen LogP contribution in [0.2, 0.25) is 0 Å². The molecule has 0 aromatic heterocycles. The second-order valence-electron chi connectivity index (χ2n) is 14.6. The molecule has 0 saturated carbocycles. The molecule has 1 unspecified atom stereocenters. The monoisotopic (exact) mass is 779 g/mol. The Morgan fingerprint density at radius 1 is 0.393 bits per heavy atom. The van der Waals surface area contributed by atoms with E-state index in [0.717, 1.165) is 83.5 Å². The summed E-state index contributed by atoms with van der Waals surface area (Å²) >= 11 is 0. The van der Waals surface area contributed by atoms with E-state index in [4.69, 9.17) is 14.2 Å². The Morgan fingerprint density at radius 3 is 1.32 bits per heavy atom. The zero-order chi connectivity index (χ0) is 40.8. The highest BCUT2D eigenvalue weighted by Crippen LogP contribution is 2.13. The lowest BCUT2D eigenvalue weighted by Gasteiger charge is -2.18. The minimum absolute atomic E-state index is 0.110. The molecule has 0 amide bonds. The fourth-order valence-electron chi connectivity index (χ4n) is 5.76. The molecular formula is C50H82O6. The van der Waals surface area contributed by atoms with E-state index in [1.807, 2.05) is 12.2 Å². The van der Waals surface area contributed by atoms with Crippen molar-refractivity contribution in [1.82, 2.24) is 0 Å². The molecule has 0 spiro atoms. The van der Waals surface area contributed by atoms with Crippen molar-refractivity contribution in [2.75, 3.05) is 13.2 Å². The summed E-state index contributed by atoms with van der Waals surface area (Å²) in [5.74, 6) is -1.03. The van der Waals surface area contributed by atoms with Crippen molar-refractivity contribution >= 4 is 17.9 Å². The maximum absolute atomic E-state index is 12.7. The third-order valence-corrected chi connectivity index (χ3v) is 9.18. The van der Waals surface area contributed by atoms with Crippen molar-refractivity contribution in [3.8, 4) is 0 Å². The van der Waals surface area contributed by atoms with Gasteiger partial charge in [0.05, 0.1) is 0 Å². The van der Waals surface area contributed by atoms with Gasteiger partial charge in [-0.05, 0) is 70.6 Å². The highest BCUT2D eigenvalue weighted by atomic mass is 16.6. The van der Waals surface area contributed by atoms with Gasteiger partial charge < -0.3 is 14.2 Å². The van der Waals surface area contributed by atoms with Crippen LogP contribution < -0.4 is 0 Å². The lowest BCUT2D eigenvalue weighted by atomic mass is 10.1. The van der Waals surface area contributed by atoms with E-state index >= 15 is 0 Å². The number of hydrogen-bond donors (Lipinski definition) is 0. The fourth-order valence-corrected chi connectivity index (χ4v) is 5.76. The molecule has 318 valence electrons. The largest absolute Gasteiger partial charge is 0.462 e. The van der Waals surface area contributed by atoms with Gasteiger partial charge in [0.25, 0.3) is 0 Å². The number of ether oxygens (including phenoxy) is 3. The van der Waals surface area contributed by atoms with Gasteiger partial charge in [-0.2, -0.15) is 0 Å². The molecule has 0 saturated heterocycles. The van der Waals surface area contributed by atoms with Gasteiger partial charge in [0, 0.05) is 19.3 Å². The standard InChI is InChI=1S/C50H82O6/c1-4-7-10-13-16-19-22-23-24-25-26-29-31-34-37-40-43-49(52)55-46-47(56-50(53)44-41-38-35-32-28-21-18-15-12-9-6-3)45-54-48(51)42-39-36-33-30-27-20-17-14-11-8-5-2/h7,10,15-16,18-19,21,23-24,26,28-29,34,37,47H,4-6,8-9,11-14,17,20,22,25,27,30-33,35-36,38-46H2,1-3H3/b10-7-,18-15-,19-16-,24-23-,28-21-,29-26-,37-34-. The molecule has 0 rings (SSSR count). The molecule has 0 aliphatic carbocycles. The van der Waals surface area contributed by atoms with Crippen molar-refractivity contribution in [3.63, 3.8) is 0 Å². The van der Waals surface area contributed by atoms with E-state index in [1.165, 1.54) is 64.2 Å². The van der Waals surface area contributed by atoms with Crippen LogP contribution >= 0.6 is 0 Å². The fraction of sp³-hybridized carbons (Fsp3) is 0.660. The van der Waals surface area contributed by atoms with E-state index < -0.39 is 6.10 Å². The van der Waals surface area contributed by atoms with Crippen LogP contribution in [0.1, 0.15) is 194 Å². The Hall–Kier alpha value is -3.41. The molecule has 0 aromatic carbocycles. The van der Waals surface area contributed by atoms with Gasteiger partial charge in [0.15, 0.2) is 6.10 Å². The van der Waals surface area contributed by atoms with Crippen LogP contribution in [-0.4, -0.2) is 37.2 Å². The molecule has 1 atom stereocenters. The van der Waals surface area contributed by atoms with Crippen molar-refractivity contribution in [1.29, 1.82) is 0 Å². The molecule has 0 aliphatic rings. The topological polar surface area (TPSA) is 78.9 Å². The summed E-state index contributed by atoms with van der Waals surface area (Å²) in [6, 6.07) is 0. The molecule has 6 nitrogen and oxygen atoms in total. The van der Waals surface area contributed by atoms with E-state index in [-0.39, 0.29) is 44.0 Å². The van der Waals surface area contributed by atoms with Crippen LogP contribution in [0.4, 0.5) is 0 Å². The first kappa shape index (κ1) is 52.6. The summed E-state index contributed by atoms with van der Waals surface area (Å²) in [6.07, 6.45) is 55.8. The third-order valence-electron chi connectivity index (χ3n) is 9.18. The molecule has 0 radical (unpaired) electrons. The van der Waals surface area contributed by atoms with Crippen molar-refractivity contribution in [3.05, 3.63) is 85.1 Å². The third kappa shape index (κ3) is 41.7. The quantitative estimate of drug-likeness (QED) is 0.0203. The number of hydrogen-bond acceptors (Lipinski definition) is 6. The van der Waals surface area contributed by atoms with Gasteiger partial charge in [0.1, 0.15) is 13.2 Å². The van der Waals surface area contributed by atoms with Crippen LogP contribution in [0, 0.1) is 0 Å². The lowest BCUT2D eigenvalue weighted by Crippen LogP contribution is -2.30. The molecule has 6 heteroatoms. The van der Waals surface area contributed by atoms with E-state index in [1.54, 1.807) is 0 Å². The molecule has 0 fully saturated rings. The summed E-state index contributed by atoms with van der Waals surface area (Å²) in [6.45, 7) is 6.35. The average Bonchev–Trinajstić information content (AvgIpc) is 3.19. The Balaban J connectivity index is 4.53. The molecule has 0 aromatic rings. The zero-order valence-electron chi connectivity index (χ0n) is 36.1.